The zero-order valence-electron chi connectivity index (χ0n) is 36.7. The van der Waals surface area contributed by atoms with Crippen LogP contribution < -0.4 is 9.80 Å². The lowest BCUT2D eigenvalue weighted by Gasteiger charge is -2.45. The summed E-state index contributed by atoms with van der Waals surface area (Å²) in [5, 5.41) is 4.90. The Bertz CT molecular complexity index is 3470. The standard InChI is InChI=1S/C62H48N2/c1-61(2)52-27-14-12-26-50(52)51-38-36-46(40-54(51)61)63(55-29-16-13-24-47(55)42-20-6-5-7-21-42)57-31-18-32-58-59(57)62(3,4)53-28-15-17-30-56(53)64(58)60-48-25-11-10-22-43(48)35-37-49(60)45-34-33-41-19-8-9-23-44(41)39-45/h5-40H,1-4H3. The summed E-state index contributed by atoms with van der Waals surface area (Å²) >= 11 is 0. The topological polar surface area (TPSA) is 6.48 Å². The van der Waals surface area contributed by atoms with Gasteiger partial charge in [-0.3, -0.25) is 0 Å². The van der Waals surface area contributed by atoms with Gasteiger partial charge in [-0.2, -0.15) is 0 Å². The van der Waals surface area contributed by atoms with Gasteiger partial charge < -0.3 is 9.80 Å². The van der Waals surface area contributed by atoms with Crippen molar-refractivity contribution in [3.63, 3.8) is 0 Å². The van der Waals surface area contributed by atoms with Crippen LogP contribution in [0.15, 0.2) is 218 Å². The van der Waals surface area contributed by atoms with Gasteiger partial charge in [-0.25, -0.2) is 0 Å². The number of fused-ring (bicyclic) bond motifs is 7. The molecule has 10 aromatic carbocycles. The number of hydrogen-bond donors (Lipinski definition) is 0. The van der Waals surface area contributed by atoms with Gasteiger partial charge in [-0.05, 0) is 97.6 Å². The van der Waals surface area contributed by atoms with Crippen molar-refractivity contribution in [1.82, 2.24) is 0 Å². The third-order valence-electron chi connectivity index (χ3n) is 14.2. The number of benzene rings is 10. The average molecular weight is 821 g/mol. The van der Waals surface area contributed by atoms with Gasteiger partial charge in [0.05, 0.1) is 28.4 Å². The smallest absolute Gasteiger partial charge is 0.0618 e. The summed E-state index contributed by atoms with van der Waals surface area (Å²) < 4.78 is 0. The van der Waals surface area contributed by atoms with Gasteiger partial charge in [0.2, 0.25) is 0 Å². The van der Waals surface area contributed by atoms with Crippen molar-refractivity contribution in [2.24, 2.45) is 0 Å². The Balaban J connectivity index is 1.16. The van der Waals surface area contributed by atoms with Crippen LogP contribution in [0.2, 0.25) is 0 Å². The molecule has 0 amide bonds. The molecule has 0 aromatic heterocycles. The highest BCUT2D eigenvalue weighted by molar-refractivity contribution is 6.09. The van der Waals surface area contributed by atoms with Crippen LogP contribution in [0.4, 0.5) is 34.1 Å². The van der Waals surface area contributed by atoms with Gasteiger partial charge in [-0.15, -0.1) is 0 Å². The zero-order chi connectivity index (χ0) is 43.2. The van der Waals surface area contributed by atoms with Crippen LogP contribution in [-0.4, -0.2) is 0 Å². The molecule has 2 nitrogen and oxygen atoms in total. The number of anilines is 6. The van der Waals surface area contributed by atoms with Gasteiger partial charge in [0, 0.05) is 38.6 Å². The molecule has 2 aliphatic rings. The van der Waals surface area contributed by atoms with Crippen LogP contribution in [0.3, 0.4) is 0 Å². The van der Waals surface area contributed by atoms with Crippen LogP contribution in [0.5, 0.6) is 0 Å². The highest BCUT2D eigenvalue weighted by Crippen LogP contribution is 2.59. The van der Waals surface area contributed by atoms with E-state index in [-0.39, 0.29) is 10.8 Å². The van der Waals surface area contributed by atoms with Crippen molar-refractivity contribution in [3.05, 3.63) is 241 Å². The second-order valence-electron chi connectivity index (χ2n) is 18.5. The van der Waals surface area contributed by atoms with Gasteiger partial charge in [0.1, 0.15) is 0 Å². The van der Waals surface area contributed by atoms with Crippen molar-refractivity contribution >= 4 is 55.7 Å². The predicted octanol–water partition coefficient (Wildman–Crippen LogP) is 17.2. The third-order valence-corrected chi connectivity index (χ3v) is 14.2. The fourth-order valence-electron chi connectivity index (χ4n) is 11.1. The van der Waals surface area contributed by atoms with Crippen LogP contribution >= 0.6 is 0 Å². The van der Waals surface area contributed by atoms with Gasteiger partial charge in [-0.1, -0.05) is 204 Å². The lowest BCUT2D eigenvalue weighted by molar-refractivity contribution is 0.632. The highest BCUT2D eigenvalue weighted by Gasteiger charge is 2.42. The van der Waals surface area contributed by atoms with Gasteiger partial charge in [0.15, 0.2) is 0 Å². The molecule has 1 aliphatic heterocycles. The van der Waals surface area contributed by atoms with E-state index in [1.165, 1.54) is 94.2 Å². The molecule has 1 heterocycles. The Morgan fingerprint density at radius 3 is 1.81 bits per heavy atom. The molecular formula is C62H48N2. The molecule has 0 bridgehead atoms. The first-order valence-electron chi connectivity index (χ1n) is 22.5. The molecule has 306 valence electrons. The lowest BCUT2D eigenvalue weighted by atomic mass is 9.72. The maximum Gasteiger partial charge on any atom is 0.0618 e. The number of hydrogen-bond acceptors (Lipinski definition) is 2. The van der Waals surface area contributed by atoms with E-state index in [0.717, 1.165) is 17.1 Å². The van der Waals surface area contributed by atoms with Crippen molar-refractivity contribution in [2.45, 2.75) is 38.5 Å². The third kappa shape index (κ3) is 5.72. The molecule has 0 fully saturated rings. The summed E-state index contributed by atoms with van der Waals surface area (Å²) in [6, 6.07) is 81.1. The van der Waals surface area contributed by atoms with Crippen molar-refractivity contribution in [3.8, 4) is 33.4 Å². The molecule has 10 aromatic rings. The van der Waals surface area contributed by atoms with E-state index in [9.17, 15) is 0 Å². The normalized spacial score (nSPS) is 14.2. The molecule has 64 heavy (non-hydrogen) atoms. The van der Waals surface area contributed by atoms with Gasteiger partial charge >= 0.3 is 0 Å². The van der Waals surface area contributed by atoms with Gasteiger partial charge in [0.25, 0.3) is 0 Å². The fourth-order valence-corrected chi connectivity index (χ4v) is 11.1. The average Bonchev–Trinajstić information content (AvgIpc) is 3.57. The van der Waals surface area contributed by atoms with E-state index < -0.39 is 0 Å². The van der Waals surface area contributed by atoms with Crippen LogP contribution in [0, 0.1) is 0 Å². The van der Waals surface area contributed by atoms with Crippen molar-refractivity contribution < 1.29 is 0 Å². The molecule has 1 aliphatic carbocycles. The predicted molar refractivity (Wildman–Crippen MR) is 271 cm³/mol. The maximum absolute atomic E-state index is 2.58. The first kappa shape index (κ1) is 38.0. The maximum atomic E-state index is 2.58. The van der Waals surface area contributed by atoms with Crippen molar-refractivity contribution in [1.29, 1.82) is 0 Å². The van der Waals surface area contributed by atoms with E-state index in [1.807, 2.05) is 0 Å². The first-order valence-corrected chi connectivity index (χ1v) is 22.5. The fraction of sp³-hybridized carbons (Fsp3) is 0.0968. The van der Waals surface area contributed by atoms with E-state index >= 15 is 0 Å². The second kappa shape index (κ2) is 14.4. The molecule has 0 atom stereocenters. The first-order chi connectivity index (χ1) is 31.3. The molecule has 0 unspecified atom stereocenters. The molecule has 0 radical (unpaired) electrons. The van der Waals surface area contributed by atoms with E-state index in [0.29, 0.717) is 0 Å². The van der Waals surface area contributed by atoms with E-state index in [4.69, 9.17) is 0 Å². The summed E-state index contributed by atoms with van der Waals surface area (Å²) in [4.78, 5) is 5.14. The number of nitrogens with zero attached hydrogens (tertiary/aromatic N) is 2. The summed E-state index contributed by atoms with van der Waals surface area (Å²) in [6.07, 6.45) is 0. The highest BCUT2D eigenvalue weighted by atomic mass is 15.2. The van der Waals surface area contributed by atoms with Crippen LogP contribution in [0.1, 0.15) is 49.9 Å². The Morgan fingerprint density at radius 2 is 0.969 bits per heavy atom. The Hall–Kier alpha value is -7.68. The van der Waals surface area contributed by atoms with Crippen molar-refractivity contribution in [2.75, 3.05) is 9.80 Å². The van der Waals surface area contributed by atoms with E-state index in [1.54, 1.807) is 0 Å². The quantitative estimate of drug-likeness (QED) is 0.165. The molecule has 2 heteroatoms. The Kier molecular flexibility index (Phi) is 8.58. The molecule has 0 N–H and O–H groups in total. The SMILES string of the molecule is CC1(C)c2ccccc2-c2ccc(N(c3ccccc3-c3ccccc3)c3cccc4c3C(C)(C)c3ccccc3N4c3c(-c4ccc5ccccc5c4)ccc4ccccc34)cc21. The summed E-state index contributed by atoms with van der Waals surface area (Å²) in [7, 11) is 0. The molecule has 0 saturated carbocycles. The molecule has 0 saturated heterocycles. The van der Waals surface area contributed by atoms with Crippen LogP contribution in [-0.2, 0) is 10.8 Å². The zero-order valence-corrected chi connectivity index (χ0v) is 36.7. The largest absolute Gasteiger partial charge is 0.309 e. The summed E-state index contributed by atoms with van der Waals surface area (Å²) in [6.45, 7) is 9.60. The van der Waals surface area contributed by atoms with Crippen LogP contribution in [0.25, 0.3) is 54.9 Å². The molecule has 0 spiro atoms. The second-order valence-corrected chi connectivity index (χ2v) is 18.5. The monoisotopic (exact) mass is 820 g/mol. The minimum atomic E-state index is -0.390. The lowest BCUT2D eigenvalue weighted by Crippen LogP contribution is -2.33. The Morgan fingerprint density at radius 1 is 0.359 bits per heavy atom. The molecular weight excluding hydrogens is 773 g/mol. The summed E-state index contributed by atoms with van der Waals surface area (Å²) in [5.74, 6) is 0. The minimum absolute atomic E-state index is 0.161. The number of para-hydroxylation sites is 2. The molecule has 12 rings (SSSR count). The number of rotatable bonds is 6. The van der Waals surface area contributed by atoms with E-state index in [2.05, 4.69) is 256 Å². The minimum Gasteiger partial charge on any atom is -0.309 e. The summed E-state index contributed by atoms with van der Waals surface area (Å²) in [5.41, 5.74) is 19.1. The Labute approximate surface area is 376 Å².